The predicted molar refractivity (Wildman–Crippen MR) is 71.8 cm³/mol. The van der Waals surface area contributed by atoms with Gasteiger partial charge in [-0.05, 0) is 35.5 Å². The molecule has 0 fully saturated rings. The lowest BCUT2D eigenvalue weighted by Gasteiger charge is -2.06. The summed E-state index contributed by atoms with van der Waals surface area (Å²) >= 11 is 0.990. The highest BCUT2D eigenvalue weighted by molar-refractivity contribution is 6.99. The molecule has 2 aromatic heterocycles. The highest BCUT2D eigenvalue weighted by atomic mass is 32.1. The molecule has 0 atom stereocenters. The fraction of sp³-hybridized carbons (Fsp3) is 0.0909. The van der Waals surface area contributed by atoms with Crippen LogP contribution < -0.4 is 5.32 Å². The molecule has 0 radical (unpaired) electrons. The maximum Gasteiger partial charge on any atom is 0.277 e. The summed E-state index contributed by atoms with van der Waals surface area (Å²) in [6, 6.07) is 7.22. The molecule has 0 aliphatic heterocycles. The van der Waals surface area contributed by atoms with Crippen molar-refractivity contribution in [2.45, 2.75) is 6.92 Å². The Kier molecular flexibility index (Phi) is 3.17. The maximum atomic E-state index is 11.9. The van der Waals surface area contributed by atoms with Crippen LogP contribution in [0.5, 0.6) is 0 Å². The molecule has 8 nitrogen and oxygen atoms in total. The van der Waals surface area contributed by atoms with Gasteiger partial charge in [-0.2, -0.15) is 13.4 Å². The Bertz CT molecular complexity index is 737. The minimum atomic E-state index is -0.302. The zero-order valence-corrected chi connectivity index (χ0v) is 11.2. The van der Waals surface area contributed by atoms with E-state index in [1.165, 1.54) is 6.20 Å². The van der Waals surface area contributed by atoms with Crippen molar-refractivity contribution in [2.75, 3.05) is 5.32 Å². The summed E-state index contributed by atoms with van der Waals surface area (Å²) in [5, 5.41) is 14.0. The van der Waals surface area contributed by atoms with Crippen LogP contribution >= 0.6 is 11.7 Å². The molecule has 3 aromatic rings. The quantitative estimate of drug-likeness (QED) is 0.773. The van der Waals surface area contributed by atoms with E-state index in [1.807, 2.05) is 12.1 Å². The minimum Gasteiger partial charge on any atom is -0.320 e. The highest BCUT2D eigenvalue weighted by Gasteiger charge is 2.10. The third-order valence-electron chi connectivity index (χ3n) is 2.57. The number of nitrogens with one attached hydrogen (secondary N) is 1. The van der Waals surface area contributed by atoms with E-state index in [1.54, 1.807) is 23.7 Å². The Morgan fingerprint density at radius 2 is 2.30 bits per heavy atom. The Balaban J connectivity index is 1.85. The molecule has 0 spiro atoms. The molecule has 1 aromatic carbocycles. The van der Waals surface area contributed by atoms with Crippen LogP contribution in [0.25, 0.3) is 5.69 Å². The van der Waals surface area contributed by atoms with E-state index in [-0.39, 0.29) is 5.91 Å². The smallest absolute Gasteiger partial charge is 0.277 e. The van der Waals surface area contributed by atoms with Crippen LogP contribution in [0.1, 0.15) is 16.3 Å². The molecule has 0 aliphatic rings. The van der Waals surface area contributed by atoms with E-state index in [4.69, 9.17) is 0 Å². The number of hydrogen-bond donors (Lipinski definition) is 1. The number of anilines is 1. The van der Waals surface area contributed by atoms with Gasteiger partial charge in [0.25, 0.3) is 5.91 Å². The lowest BCUT2D eigenvalue weighted by atomic mass is 10.2. The van der Waals surface area contributed by atoms with E-state index < -0.39 is 0 Å². The third-order valence-corrected chi connectivity index (χ3v) is 3.05. The molecule has 3 rings (SSSR count). The van der Waals surface area contributed by atoms with Crippen molar-refractivity contribution in [1.82, 2.24) is 29.0 Å². The van der Waals surface area contributed by atoms with Gasteiger partial charge in [-0.3, -0.25) is 4.79 Å². The van der Waals surface area contributed by atoms with Gasteiger partial charge >= 0.3 is 0 Å². The molecule has 0 saturated heterocycles. The average Bonchev–Trinajstić information content (AvgIpc) is 3.10. The van der Waals surface area contributed by atoms with Gasteiger partial charge in [0.15, 0.2) is 11.5 Å². The van der Waals surface area contributed by atoms with Gasteiger partial charge in [0, 0.05) is 5.69 Å². The fourth-order valence-electron chi connectivity index (χ4n) is 1.65. The summed E-state index contributed by atoms with van der Waals surface area (Å²) < 4.78 is 9.26. The summed E-state index contributed by atoms with van der Waals surface area (Å²) in [5.41, 5.74) is 1.69. The van der Waals surface area contributed by atoms with Crippen LogP contribution in [-0.4, -0.2) is 34.9 Å². The second kappa shape index (κ2) is 5.13. The number of amides is 1. The second-order valence-corrected chi connectivity index (χ2v) is 4.49. The molecule has 0 bridgehead atoms. The van der Waals surface area contributed by atoms with Crippen molar-refractivity contribution in [2.24, 2.45) is 0 Å². The lowest BCUT2D eigenvalue weighted by Crippen LogP contribution is -2.12. The number of rotatable bonds is 3. The first kappa shape index (κ1) is 12.4. The number of carbonyl (C=O) groups excluding carboxylic acids is 1. The second-order valence-electron chi connectivity index (χ2n) is 3.94. The normalized spacial score (nSPS) is 10.4. The van der Waals surface area contributed by atoms with Crippen molar-refractivity contribution >= 4 is 23.3 Å². The summed E-state index contributed by atoms with van der Waals surface area (Å²) in [7, 11) is 0. The Labute approximate surface area is 117 Å². The standard InChI is InChI=1S/C11H9N7OS/c1-7-14-16-17-18(7)9-4-2-3-8(5-9)13-11(19)10-6-12-20-15-10/h2-6H,1H3,(H,13,19). The van der Waals surface area contributed by atoms with Gasteiger partial charge in [-0.15, -0.1) is 5.10 Å². The van der Waals surface area contributed by atoms with Crippen molar-refractivity contribution in [3.63, 3.8) is 0 Å². The molecule has 1 N–H and O–H groups in total. The lowest BCUT2D eigenvalue weighted by molar-refractivity contribution is 0.102. The summed E-state index contributed by atoms with van der Waals surface area (Å²) in [6.45, 7) is 1.80. The van der Waals surface area contributed by atoms with Crippen molar-refractivity contribution in [3.8, 4) is 5.69 Å². The molecule has 0 aliphatic carbocycles. The molecule has 9 heteroatoms. The molecule has 1 amide bonds. The van der Waals surface area contributed by atoms with Gasteiger partial charge in [-0.25, -0.2) is 0 Å². The molecule has 20 heavy (non-hydrogen) atoms. The number of carbonyl (C=O) groups is 1. The minimum absolute atomic E-state index is 0.291. The van der Waals surface area contributed by atoms with Gasteiger partial charge < -0.3 is 5.32 Å². The van der Waals surface area contributed by atoms with Crippen LogP contribution in [0, 0.1) is 6.92 Å². The Morgan fingerprint density at radius 3 is 3.00 bits per heavy atom. The number of aryl methyl sites for hydroxylation is 1. The first-order valence-corrected chi connectivity index (χ1v) is 6.41. The number of benzene rings is 1. The number of hydrogen-bond acceptors (Lipinski definition) is 7. The van der Waals surface area contributed by atoms with E-state index in [0.717, 1.165) is 17.4 Å². The number of tetrazole rings is 1. The maximum absolute atomic E-state index is 11.9. The molecular weight excluding hydrogens is 278 g/mol. The van der Waals surface area contributed by atoms with E-state index >= 15 is 0 Å². The Morgan fingerprint density at radius 1 is 1.40 bits per heavy atom. The third kappa shape index (κ3) is 2.38. The molecule has 0 unspecified atom stereocenters. The van der Waals surface area contributed by atoms with Crippen LogP contribution in [0.15, 0.2) is 30.5 Å². The first-order valence-electron chi connectivity index (χ1n) is 5.68. The van der Waals surface area contributed by atoms with Crippen LogP contribution in [0.2, 0.25) is 0 Å². The van der Waals surface area contributed by atoms with Crippen LogP contribution in [0.4, 0.5) is 5.69 Å². The summed E-state index contributed by atoms with van der Waals surface area (Å²) in [5.74, 6) is 0.363. The van der Waals surface area contributed by atoms with Gasteiger partial charge in [0.2, 0.25) is 0 Å². The van der Waals surface area contributed by atoms with Gasteiger partial charge in [-0.1, -0.05) is 6.07 Å². The van der Waals surface area contributed by atoms with E-state index in [9.17, 15) is 4.79 Å². The first-order chi connectivity index (χ1) is 9.74. The summed E-state index contributed by atoms with van der Waals surface area (Å²) in [6.07, 6.45) is 1.43. The zero-order chi connectivity index (χ0) is 13.9. The summed E-state index contributed by atoms with van der Waals surface area (Å²) in [4.78, 5) is 11.9. The van der Waals surface area contributed by atoms with Crippen molar-refractivity contribution in [1.29, 1.82) is 0 Å². The van der Waals surface area contributed by atoms with E-state index in [2.05, 4.69) is 29.6 Å². The van der Waals surface area contributed by atoms with Gasteiger partial charge in [0.05, 0.1) is 23.6 Å². The Hall–Kier alpha value is -2.68. The van der Waals surface area contributed by atoms with Crippen LogP contribution in [0.3, 0.4) is 0 Å². The molecule has 2 heterocycles. The topological polar surface area (TPSA) is 98.5 Å². The largest absolute Gasteiger partial charge is 0.320 e. The number of aromatic nitrogens is 6. The van der Waals surface area contributed by atoms with Crippen LogP contribution in [-0.2, 0) is 0 Å². The highest BCUT2D eigenvalue weighted by Crippen LogP contribution is 2.15. The zero-order valence-electron chi connectivity index (χ0n) is 10.4. The molecular formula is C11H9N7OS. The van der Waals surface area contributed by atoms with Crippen molar-refractivity contribution in [3.05, 3.63) is 42.0 Å². The monoisotopic (exact) mass is 287 g/mol. The van der Waals surface area contributed by atoms with Crippen molar-refractivity contribution < 1.29 is 4.79 Å². The average molecular weight is 287 g/mol. The SMILES string of the molecule is Cc1nnnn1-c1cccc(NC(=O)c2cnsn2)c1. The van der Waals surface area contributed by atoms with E-state index in [0.29, 0.717) is 17.2 Å². The number of nitrogens with zero attached hydrogens (tertiary/aromatic N) is 6. The predicted octanol–water partition coefficient (Wildman–Crippen LogP) is 1.07. The fourth-order valence-corrected chi connectivity index (χ4v) is 2.06. The molecule has 100 valence electrons. The molecule has 0 saturated carbocycles. The van der Waals surface area contributed by atoms with Gasteiger partial charge in [0.1, 0.15) is 0 Å².